The van der Waals surface area contributed by atoms with Gasteiger partial charge in [-0.2, -0.15) is 0 Å². The third-order valence-electron chi connectivity index (χ3n) is 3.20. The first-order valence-corrected chi connectivity index (χ1v) is 6.63. The largest absolute Gasteiger partial charge is 0.478 e. The Morgan fingerprint density at radius 2 is 1.95 bits per heavy atom. The summed E-state index contributed by atoms with van der Waals surface area (Å²) < 4.78 is 5.32. The third-order valence-corrected chi connectivity index (χ3v) is 3.20. The van der Waals surface area contributed by atoms with E-state index in [1.54, 1.807) is 19.1 Å². The van der Waals surface area contributed by atoms with Crippen LogP contribution in [0.1, 0.15) is 51.8 Å². The Labute approximate surface area is 122 Å². The van der Waals surface area contributed by atoms with Gasteiger partial charge in [0.2, 0.25) is 0 Å². The summed E-state index contributed by atoms with van der Waals surface area (Å²) in [5.41, 5.74) is 1.87. The molecule has 1 amide bonds. The number of carboxylic acids is 1. The highest BCUT2D eigenvalue weighted by Crippen LogP contribution is 2.23. The van der Waals surface area contributed by atoms with Crippen LogP contribution in [0.25, 0.3) is 0 Å². The number of furan rings is 1. The molecule has 21 heavy (non-hydrogen) atoms. The molecule has 1 aromatic carbocycles. The van der Waals surface area contributed by atoms with E-state index in [2.05, 4.69) is 5.32 Å². The maximum absolute atomic E-state index is 12.3. The van der Waals surface area contributed by atoms with Crippen LogP contribution < -0.4 is 5.32 Å². The molecule has 0 aliphatic rings. The molecule has 0 bridgehead atoms. The Morgan fingerprint density at radius 1 is 1.24 bits per heavy atom. The van der Waals surface area contributed by atoms with Crippen molar-refractivity contribution in [3.8, 4) is 0 Å². The Bertz CT molecular complexity index is 685. The van der Waals surface area contributed by atoms with Crippen LogP contribution in [0.4, 0.5) is 5.69 Å². The van der Waals surface area contributed by atoms with Crippen molar-refractivity contribution in [2.24, 2.45) is 0 Å². The van der Waals surface area contributed by atoms with E-state index in [4.69, 9.17) is 9.52 Å². The number of amides is 1. The van der Waals surface area contributed by atoms with E-state index in [0.29, 0.717) is 17.0 Å². The first-order chi connectivity index (χ1) is 9.90. The normalized spacial score (nSPS) is 10.7. The van der Waals surface area contributed by atoms with Gasteiger partial charge in [0.05, 0.1) is 17.4 Å². The highest BCUT2D eigenvalue weighted by molar-refractivity contribution is 6.06. The van der Waals surface area contributed by atoms with Crippen LogP contribution in [0.3, 0.4) is 0 Å². The summed E-state index contributed by atoms with van der Waals surface area (Å²) >= 11 is 0. The van der Waals surface area contributed by atoms with Crippen LogP contribution in [0, 0.1) is 6.92 Å². The predicted molar refractivity (Wildman–Crippen MR) is 78.9 cm³/mol. The van der Waals surface area contributed by atoms with Crippen molar-refractivity contribution in [2.75, 3.05) is 5.32 Å². The molecule has 5 nitrogen and oxygen atoms in total. The highest BCUT2D eigenvalue weighted by Gasteiger charge is 2.18. The quantitative estimate of drug-likeness (QED) is 0.899. The van der Waals surface area contributed by atoms with Gasteiger partial charge >= 0.3 is 5.97 Å². The number of rotatable bonds is 4. The standard InChI is InChI=1S/C16H17NO4/c1-9(2)14-12(6-7-21-14)15(18)17-13-8-11(16(19)20)5-4-10(13)3/h4-9H,1-3H3,(H,17,18)(H,19,20). The van der Waals surface area contributed by atoms with Crippen molar-refractivity contribution in [3.63, 3.8) is 0 Å². The molecule has 0 saturated heterocycles. The molecule has 0 radical (unpaired) electrons. The lowest BCUT2D eigenvalue weighted by Gasteiger charge is -2.10. The molecule has 0 saturated carbocycles. The van der Waals surface area contributed by atoms with Gasteiger partial charge in [-0.25, -0.2) is 4.79 Å². The zero-order valence-corrected chi connectivity index (χ0v) is 12.1. The summed E-state index contributed by atoms with van der Waals surface area (Å²) in [5.74, 6) is -0.637. The van der Waals surface area contributed by atoms with E-state index >= 15 is 0 Å². The number of hydrogen-bond donors (Lipinski definition) is 2. The Kier molecular flexibility index (Phi) is 4.12. The van der Waals surface area contributed by atoms with Gasteiger partial charge in [0.15, 0.2) is 0 Å². The van der Waals surface area contributed by atoms with E-state index in [0.717, 1.165) is 5.56 Å². The number of anilines is 1. The predicted octanol–water partition coefficient (Wildman–Crippen LogP) is 3.66. The number of benzene rings is 1. The zero-order valence-electron chi connectivity index (χ0n) is 12.1. The maximum atomic E-state index is 12.3. The lowest BCUT2D eigenvalue weighted by molar-refractivity contribution is 0.0696. The van der Waals surface area contributed by atoms with Crippen molar-refractivity contribution >= 4 is 17.6 Å². The molecule has 110 valence electrons. The average molecular weight is 287 g/mol. The molecule has 2 aromatic rings. The average Bonchev–Trinajstić information content (AvgIpc) is 2.90. The molecule has 1 aromatic heterocycles. The molecule has 0 atom stereocenters. The molecule has 5 heteroatoms. The molecule has 0 spiro atoms. The van der Waals surface area contributed by atoms with Crippen LogP contribution in [0.2, 0.25) is 0 Å². The maximum Gasteiger partial charge on any atom is 0.335 e. The number of aromatic carboxylic acids is 1. The minimum absolute atomic E-state index is 0.0900. The van der Waals surface area contributed by atoms with Crippen molar-refractivity contribution in [3.05, 3.63) is 53.0 Å². The van der Waals surface area contributed by atoms with Crippen LogP contribution in [-0.4, -0.2) is 17.0 Å². The van der Waals surface area contributed by atoms with Crippen LogP contribution in [0.5, 0.6) is 0 Å². The van der Waals surface area contributed by atoms with E-state index in [-0.39, 0.29) is 17.4 Å². The Balaban J connectivity index is 2.29. The first kappa shape index (κ1) is 14.8. The molecular weight excluding hydrogens is 270 g/mol. The SMILES string of the molecule is Cc1ccc(C(=O)O)cc1NC(=O)c1ccoc1C(C)C. The summed E-state index contributed by atoms with van der Waals surface area (Å²) in [6, 6.07) is 6.23. The molecule has 1 heterocycles. The lowest BCUT2D eigenvalue weighted by Crippen LogP contribution is -2.14. The topological polar surface area (TPSA) is 79.5 Å². The van der Waals surface area contributed by atoms with E-state index in [1.807, 2.05) is 13.8 Å². The number of carbonyl (C=O) groups excluding carboxylic acids is 1. The van der Waals surface area contributed by atoms with Gasteiger partial charge in [-0.1, -0.05) is 19.9 Å². The van der Waals surface area contributed by atoms with Crippen molar-refractivity contribution in [1.82, 2.24) is 0 Å². The fraction of sp³-hybridized carbons (Fsp3) is 0.250. The van der Waals surface area contributed by atoms with Gasteiger partial charge in [0.1, 0.15) is 5.76 Å². The summed E-state index contributed by atoms with van der Waals surface area (Å²) in [5, 5.41) is 11.7. The molecule has 0 fully saturated rings. The second-order valence-electron chi connectivity index (χ2n) is 5.14. The molecule has 2 N–H and O–H groups in total. The third kappa shape index (κ3) is 3.13. The van der Waals surface area contributed by atoms with E-state index < -0.39 is 5.97 Å². The van der Waals surface area contributed by atoms with Crippen LogP contribution in [0.15, 0.2) is 34.9 Å². The Hall–Kier alpha value is -2.56. The molecule has 2 rings (SSSR count). The number of hydrogen-bond acceptors (Lipinski definition) is 3. The summed E-state index contributed by atoms with van der Waals surface area (Å²) in [6.45, 7) is 5.68. The van der Waals surface area contributed by atoms with Crippen LogP contribution >= 0.6 is 0 Å². The zero-order chi connectivity index (χ0) is 15.6. The van der Waals surface area contributed by atoms with Gasteiger partial charge in [-0.05, 0) is 30.7 Å². The molecule has 0 aliphatic carbocycles. The fourth-order valence-corrected chi connectivity index (χ4v) is 2.04. The number of carbonyl (C=O) groups is 2. The van der Waals surface area contributed by atoms with Gasteiger partial charge in [-0.3, -0.25) is 4.79 Å². The van der Waals surface area contributed by atoms with E-state index in [1.165, 1.54) is 18.4 Å². The van der Waals surface area contributed by atoms with Crippen molar-refractivity contribution in [1.29, 1.82) is 0 Å². The first-order valence-electron chi connectivity index (χ1n) is 6.63. The molecule has 0 aliphatic heterocycles. The number of nitrogens with one attached hydrogen (secondary N) is 1. The second-order valence-corrected chi connectivity index (χ2v) is 5.14. The minimum Gasteiger partial charge on any atom is -0.478 e. The highest BCUT2D eigenvalue weighted by atomic mass is 16.4. The minimum atomic E-state index is -1.03. The summed E-state index contributed by atoms with van der Waals surface area (Å²) in [4.78, 5) is 23.3. The fourth-order valence-electron chi connectivity index (χ4n) is 2.04. The molecule has 0 unspecified atom stereocenters. The summed E-state index contributed by atoms with van der Waals surface area (Å²) in [6.07, 6.45) is 1.48. The van der Waals surface area contributed by atoms with Crippen molar-refractivity contribution < 1.29 is 19.1 Å². The summed E-state index contributed by atoms with van der Waals surface area (Å²) in [7, 11) is 0. The van der Waals surface area contributed by atoms with E-state index in [9.17, 15) is 9.59 Å². The lowest BCUT2D eigenvalue weighted by atomic mass is 10.1. The smallest absolute Gasteiger partial charge is 0.335 e. The Morgan fingerprint density at radius 3 is 2.57 bits per heavy atom. The van der Waals surface area contributed by atoms with Crippen molar-refractivity contribution in [2.45, 2.75) is 26.7 Å². The van der Waals surface area contributed by atoms with Gasteiger partial charge in [0, 0.05) is 11.6 Å². The van der Waals surface area contributed by atoms with Gasteiger partial charge < -0.3 is 14.8 Å². The van der Waals surface area contributed by atoms with Gasteiger partial charge in [-0.15, -0.1) is 0 Å². The second kappa shape index (κ2) is 5.83. The number of carboxylic acid groups (broad SMARTS) is 1. The van der Waals surface area contributed by atoms with Gasteiger partial charge in [0.25, 0.3) is 5.91 Å². The van der Waals surface area contributed by atoms with Crippen LogP contribution in [-0.2, 0) is 0 Å². The number of aryl methyl sites for hydroxylation is 1. The molecular formula is C16H17NO4. The monoisotopic (exact) mass is 287 g/mol.